The maximum absolute atomic E-state index is 12.7. The van der Waals surface area contributed by atoms with Crippen LogP contribution in [-0.2, 0) is 6.54 Å². The first-order valence-corrected chi connectivity index (χ1v) is 9.47. The van der Waals surface area contributed by atoms with Crippen LogP contribution < -0.4 is 0 Å². The number of aryl methyl sites for hydroxylation is 3. The zero-order valence-corrected chi connectivity index (χ0v) is 16.4. The lowest BCUT2D eigenvalue weighted by Gasteiger charge is -2.32. The lowest BCUT2D eigenvalue weighted by Crippen LogP contribution is -2.38. The molecular formula is C20H30N4O2. The molecule has 1 aliphatic rings. The zero-order chi connectivity index (χ0) is 18.7. The molecule has 0 unspecified atom stereocenters. The molecule has 3 heterocycles. The van der Waals surface area contributed by atoms with Gasteiger partial charge in [-0.3, -0.25) is 4.79 Å². The maximum atomic E-state index is 12.7. The van der Waals surface area contributed by atoms with Crippen molar-refractivity contribution >= 4 is 5.91 Å². The molecule has 0 spiro atoms. The molecular weight excluding hydrogens is 328 g/mol. The van der Waals surface area contributed by atoms with Gasteiger partial charge >= 0.3 is 0 Å². The smallest absolute Gasteiger partial charge is 0.257 e. The number of imidazole rings is 1. The lowest BCUT2D eigenvalue weighted by molar-refractivity contribution is 0.0708. The number of nitrogens with zero attached hydrogens (tertiary/aromatic N) is 4. The van der Waals surface area contributed by atoms with Crippen LogP contribution in [0.4, 0.5) is 0 Å². The Morgan fingerprint density at radius 3 is 2.65 bits per heavy atom. The van der Waals surface area contributed by atoms with Crippen molar-refractivity contribution in [1.29, 1.82) is 0 Å². The molecule has 1 aliphatic heterocycles. The van der Waals surface area contributed by atoms with Crippen molar-refractivity contribution in [3.05, 3.63) is 41.4 Å². The molecule has 26 heavy (non-hydrogen) atoms. The number of aromatic nitrogens is 2. The first-order chi connectivity index (χ1) is 12.5. The van der Waals surface area contributed by atoms with Crippen LogP contribution in [0, 0.1) is 13.8 Å². The highest BCUT2D eigenvalue weighted by Crippen LogP contribution is 2.28. The highest BCUT2D eigenvalue weighted by Gasteiger charge is 2.28. The Labute approximate surface area is 155 Å². The third-order valence-corrected chi connectivity index (χ3v) is 5.17. The SMILES string of the molecule is Cc1cc(C(=O)N2CCC(c3nccn3CCCN(C)C)CC2)c(C)o1. The predicted molar refractivity (Wildman–Crippen MR) is 101 cm³/mol. The molecule has 1 fully saturated rings. The fraction of sp³-hybridized carbons (Fsp3) is 0.600. The minimum absolute atomic E-state index is 0.0899. The van der Waals surface area contributed by atoms with Crippen LogP contribution in [0.2, 0.25) is 0 Å². The number of rotatable bonds is 6. The molecule has 1 amide bonds. The van der Waals surface area contributed by atoms with E-state index in [9.17, 15) is 4.79 Å². The number of carbonyl (C=O) groups excluding carboxylic acids is 1. The van der Waals surface area contributed by atoms with Gasteiger partial charge in [0.2, 0.25) is 0 Å². The van der Waals surface area contributed by atoms with Gasteiger partial charge in [-0.25, -0.2) is 4.98 Å². The summed E-state index contributed by atoms with van der Waals surface area (Å²) in [6.07, 6.45) is 7.03. The summed E-state index contributed by atoms with van der Waals surface area (Å²) in [5.41, 5.74) is 0.700. The molecule has 0 N–H and O–H groups in total. The van der Waals surface area contributed by atoms with Crippen molar-refractivity contribution in [2.24, 2.45) is 0 Å². The quantitative estimate of drug-likeness (QED) is 0.796. The van der Waals surface area contributed by atoms with Crippen LogP contribution >= 0.6 is 0 Å². The van der Waals surface area contributed by atoms with Gasteiger partial charge < -0.3 is 18.8 Å². The van der Waals surface area contributed by atoms with E-state index in [0.29, 0.717) is 17.2 Å². The summed E-state index contributed by atoms with van der Waals surface area (Å²) in [6.45, 7) is 7.37. The first kappa shape index (κ1) is 18.7. The molecule has 0 aliphatic carbocycles. The second-order valence-corrected chi connectivity index (χ2v) is 7.53. The Bertz CT molecular complexity index is 739. The van der Waals surface area contributed by atoms with Gasteiger partial charge in [-0.2, -0.15) is 0 Å². The molecule has 0 atom stereocenters. The fourth-order valence-electron chi connectivity index (χ4n) is 3.78. The van der Waals surface area contributed by atoms with Crippen LogP contribution in [0.25, 0.3) is 0 Å². The lowest BCUT2D eigenvalue weighted by atomic mass is 9.95. The van der Waals surface area contributed by atoms with Gasteiger partial charge in [0.15, 0.2) is 0 Å². The molecule has 1 saturated heterocycles. The van der Waals surface area contributed by atoms with Gasteiger partial charge in [-0.1, -0.05) is 0 Å². The van der Waals surface area contributed by atoms with Gasteiger partial charge in [0.1, 0.15) is 17.3 Å². The standard InChI is InChI=1S/C20H30N4O2/c1-15-14-18(16(2)26-15)20(25)24-11-6-17(7-12-24)19-21-8-13-23(19)10-5-9-22(3)4/h8,13-14,17H,5-7,9-12H2,1-4H3. The van der Waals surface area contributed by atoms with Crippen molar-refractivity contribution in [1.82, 2.24) is 19.4 Å². The normalized spacial score (nSPS) is 15.8. The molecule has 0 saturated carbocycles. The number of likely N-dealkylation sites (tertiary alicyclic amines) is 1. The summed E-state index contributed by atoms with van der Waals surface area (Å²) >= 11 is 0. The van der Waals surface area contributed by atoms with Gasteiger partial charge in [0.05, 0.1) is 5.56 Å². The average Bonchev–Trinajstić information content (AvgIpc) is 3.20. The fourth-order valence-corrected chi connectivity index (χ4v) is 3.78. The molecule has 0 aromatic carbocycles. The molecule has 0 bridgehead atoms. The molecule has 0 radical (unpaired) electrons. The van der Waals surface area contributed by atoms with E-state index in [0.717, 1.165) is 51.2 Å². The van der Waals surface area contributed by atoms with E-state index >= 15 is 0 Å². The van der Waals surface area contributed by atoms with Gasteiger partial charge in [0.25, 0.3) is 5.91 Å². The molecule has 6 heteroatoms. The Hall–Kier alpha value is -2.08. The number of amides is 1. The Balaban J connectivity index is 1.58. The second kappa shape index (κ2) is 8.08. The second-order valence-electron chi connectivity index (χ2n) is 7.53. The van der Waals surface area contributed by atoms with Crippen molar-refractivity contribution in [2.45, 2.75) is 45.6 Å². The summed E-state index contributed by atoms with van der Waals surface area (Å²) in [6, 6.07) is 1.85. The Morgan fingerprint density at radius 2 is 2.04 bits per heavy atom. The third-order valence-electron chi connectivity index (χ3n) is 5.17. The highest BCUT2D eigenvalue weighted by atomic mass is 16.3. The Kier molecular flexibility index (Phi) is 5.81. The molecule has 142 valence electrons. The summed E-state index contributed by atoms with van der Waals surface area (Å²) < 4.78 is 7.80. The molecule has 6 nitrogen and oxygen atoms in total. The van der Waals surface area contributed by atoms with E-state index in [4.69, 9.17) is 4.42 Å². The summed E-state index contributed by atoms with van der Waals surface area (Å²) in [5.74, 6) is 3.20. The highest BCUT2D eigenvalue weighted by molar-refractivity contribution is 5.95. The summed E-state index contributed by atoms with van der Waals surface area (Å²) in [5, 5.41) is 0. The number of carbonyl (C=O) groups is 1. The van der Waals surface area contributed by atoms with E-state index in [1.54, 1.807) is 0 Å². The molecule has 2 aromatic rings. The molecule has 2 aromatic heterocycles. The van der Waals surface area contributed by atoms with E-state index in [-0.39, 0.29) is 5.91 Å². The van der Waals surface area contributed by atoms with E-state index < -0.39 is 0 Å². The van der Waals surface area contributed by atoms with Crippen molar-refractivity contribution < 1.29 is 9.21 Å². The number of piperidine rings is 1. The average molecular weight is 358 g/mol. The van der Waals surface area contributed by atoms with Crippen LogP contribution in [0.1, 0.15) is 52.9 Å². The van der Waals surface area contributed by atoms with Crippen molar-refractivity contribution in [3.8, 4) is 0 Å². The van der Waals surface area contributed by atoms with Gasteiger partial charge in [-0.05, 0) is 59.8 Å². The molecule has 3 rings (SSSR count). The van der Waals surface area contributed by atoms with Gasteiger partial charge in [-0.15, -0.1) is 0 Å². The van der Waals surface area contributed by atoms with Crippen LogP contribution in [-0.4, -0.2) is 59.0 Å². The van der Waals surface area contributed by atoms with Gasteiger partial charge in [0, 0.05) is 37.9 Å². The van der Waals surface area contributed by atoms with Crippen LogP contribution in [0.5, 0.6) is 0 Å². The van der Waals surface area contributed by atoms with Crippen LogP contribution in [0.3, 0.4) is 0 Å². The monoisotopic (exact) mass is 358 g/mol. The minimum Gasteiger partial charge on any atom is -0.466 e. The van der Waals surface area contributed by atoms with E-state index in [1.807, 2.05) is 31.0 Å². The number of hydrogen-bond acceptors (Lipinski definition) is 4. The van der Waals surface area contributed by atoms with E-state index in [2.05, 4.69) is 34.7 Å². The third kappa shape index (κ3) is 4.18. The Morgan fingerprint density at radius 1 is 1.31 bits per heavy atom. The maximum Gasteiger partial charge on any atom is 0.257 e. The first-order valence-electron chi connectivity index (χ1n) is 9.47. The van der Waals surface area contributed by atoms with Crippen molar-refractivity contribution in [3.63, 3.8) is 0 Å². The predicted octanol–water partition coefficient (Wildman–Crippen LogP) is 3.06. The topological polar surface area (TPSA) is 54.5 Å². The zero-order valence-electron chi connectivity index (χ0n) is 16.4. The minimum atomic E-state index is 0.0899. The van der Waals surface area contributed by atoms with E-state index in [1.165, 1.54) is 5.82 Å². The number of hydrogen-bond donors (Lipinski definition) is 0. The van der Waals surface area contributed by atoms with Crippen molar-refractivity contribution in [2.75, 3.05) is 33.7 Å². The number of furan rings is 1. The largest absolute Gasteiger partial charge is 0.466 e. The van der Waals surface area contributed by atoms with Crippen LogP contribution in [0.15, 0.2) is 22.9 Å². The summed E-state index contributed by atoms with van der Waals surface area (Å²) in [7, 11) is 4.20. The summed E-state index contributed by atoms with van der Waals surface area (Å²) in [4.78, 5) is 21.5.